The molecule has 0 aromatic heterocycles. The van der Waals surface area contributed by atoms with Crippen molar-refractivity contribution < 1.29 is 9.13 Å². The molecule has 4 N–H and O–H groups in total. The van der Waals surface area contributed by atoms with E-state index in [4.69, 9.17) is 16.2 Å². The van der Waals surface area contributed by atoms with Gasteiger partial charge in [-0.1, -0.05) is 0 Å². The number of alkyl halides is 1. The summed E-state index contributed by atoms with van der Waals surface area (Å²) in [6.45, 7) is 6.20. The minimum Gasteiger partial charge on any atom is -0.440 e. The number of nitrogen functional groups attached to an aromatic ring is 1. The first-order chi connectivity index (χ1) is 11.8. The molecule has 0 aliphatic carbocycles. The van der Waals surface area contributed by atoms with E-state index >= 15 is 0 Å². The molecule has 130 valence electrons. The Morgan fingerprint density at radius 1 is 1.24 bits per heavy atom. The van der Waals surface area contributed by atoms with Gasteiger partial charge < -0.3 is 16.2 Å². The average Bonchev–Trinajstić information content (AvgIpc) is 2.58. The first-order valence-corrected chi connectivity index (χ1v) is 7.49. The molecule has 0 saturated carbocycles. The number of amidine groups is 1. The standard InChI is InChI=1S/C18H20FN5O/c1-12-10-13(4-9-16(12)20)17(21)24-11-23-14-5-7-15(8-6-14)25-18(2,19)22-3/h4-11H,3,20H2,1-2H3,(H2,21,23,24)/t18-/m1/s1. The highest BCUT2D eigenvalue weighted by atomic mass is 19.2. The Morgan fingerprint density at radius 3 is 2.52 bits per heavy atom. The zero-order chi connectivity index (χ0) is 18.4. The maximum Gasteiger partial charge on any atom is 0.345 e. The summed E-state index contributed by atoms with van der Waals surface area (Å²) < 4.78 is 18.6. The van der Waals surface area contributed by atoms with Crippen molar-refractivity contribution in [2.75, 3.05) is 5.73 Å². The quantitative estimate of drug-likeness (QED) is 0.365. The minimum atomic E-state index is -2.17. The van der Waals surface area contributed by atoms with Gasteiger partial charge in [-0.25, -0.2) is 15.0 Å². The van der Waals surface area contributed by atoms with Crippen molar-refractivity contribution in [1.82, 2.24) is 0 Å². The van der Waals surface area contributed by atoms with Gasteiger partial charge in [-0.05, 0) is 61.7 Å². The number of hydrogen-bond donors (Lipinski definition) is 2. The van der Waals surface area contributed by atoms with Gasteiger partial charge in [-0.2, -0.15) is 4.39 Å². The second kappa shape index (κ2) is 7.57. The summed E-state index contributed by atoms with van der Waals surface area (Å²) in [6.07, 6.45) is 1.35. The van der Waals surface area contributed by atoms with E-state index in [1.165, 1.54) is 13.3 Å². The third-order valence-corrected chi connectivity index (χ3v) is 3.39. The molecule has 0 radical (unpaired) electrons. The van der Waals surface area contributed by atoms with Crippen LogP contribution in [0, 0.1) is 6.92 Å². The Balaban J connectivity index is 2.06. The highest BCUT2D eigenvalue weighted by Gasteiger charge is 2.21. The number of halogens is 1. The molecule has 2 rings (SSSR count). The number of benzene rings is 2. The Labute approximate surface area is 145 Å². The topological polar surface area (TPSA) is 98.3 Å². The van der Waals surface area contributed by atoms with Gasteiger partial charge in [0.25, 0.3) is 0 Å². The van der Waals surface area contributed by atoms with Crippen LogP contribution in [0.4, 0.5) is 15.8 Å². The molecule has 0 heterocycles. The number of rotatable bonds is 6. The molecular weight excluding hydrogens is 321 g/mol. The van der Waals surface area contributed by atoms with Gasteiger partial charge in [0.05, 0.1) is 5.69 Å². The summed E-state index contributed by atoms with van der Waals surface area (Å²) in [4.78, 5) is 11.5. The van der Waals surface area contributed by atoms with Crippen LogP contribution in [0.15, 0.2) is 57.4 Å². The van der Waals surface area contributed by atoms with Gasteiger partial charge in [-0.15, -0.1) is 0 Å². The predicted molar refractivity (Wildman–Crippen MR) is 101 cm³/mol. The van der Waals surface area contributed by atoms with Crippen LogP contribution < -0.4 is 16.2 Å². The number of nitrogens with zero attached hydrogens (tertiary/aromatic N) is 3. The molecule has 1 atom stereocenters. The number of anilines is 1. The Kier molecular flexibility index (Phi) is 5.49. The molecule has 7 heteroatoms. The lowest BCUT2D eigenvalue weighted by atomic mass is 10.1. The summed E-state index contributed by atoms with van der Waals surface area (Å²) in [5.74, 6) is -1.52. The second-order valence-corrected chi connectivity index (χ2v) is 5.45. The van der Waals surface area contributed by atoms with Gasteiger partial charge in [-0.3, -0.25) is 0 Å². The van der Waals surface area contributed by atoms with Crippen LogP contribution in [0.3, 0.4) is 0 Å². The van der Waals surface area contributed by atoms with Crippen molar-refractivity contribution >= 4 is 30.3 Å². The predicted octanol–water partition coefficient (Wildman–Crippen LogP) is 3.37. The van der Waals surface area contributed by atoms with E-state index in [1.54, 1.807) is 36.4 Å². The molecule has 2 aromatic carbocycles. The summed E-state index contributed by atoms with van der Waals surface area (Å²) >= 11 is 0. The fourth-order valence-electron chi connectivity index (χ4n) is 1.91. The highest BCUT2D eigenvalue weighted by molar-refractivity contribution is 6.01. The Morgan fingerprint density at radius 2 is 1.92 bits per heavy atom. The van der Waals surface area contributed by atoms with Crippen molar-refractivity contribution in [2.45, 2.75) is 19.8 Å². The molecule has 0 aliphatic heterocycles. The van der Waals surface area contributed by atoms with Gasteiger partial charge in [0.15, 0.2) is 0 Å². The van der Waals surface area contributed by atoms with Crippen molar-refractivity contribution in [3.05, 3.63) is 53.6 Å². The van der Waals surface area contributed by atoms with Crippen LogP contribution in [0.1, 0.15) is 18.1 Å². The van der Waals surface area contributed by atoms with Crippen molar-refractivity contribution in [2.24, 2.45) is 20.7 Å². The zero-order valence-electron chi connectivity index (χ0n) is 14.1. The van der Waals surface area contributed by atoms with Gasteiger partial charge >= 0.3 is 5.98 Å². The van der Waals surface area contributed by atoms with Crippen molar-refractivity contribution in [1.29, 1.82) is 0 Å². The van der Waals surface area contributed by atoms with E-state index in [1.807, 2.05) is 13.0 Å². The molecule has 0 spiro atoms. The van der Waals surface area contributed by atoms with Crippen LogP contribution in [0.5, 0.6) is 5.75 Å². The highest BCUT2D eigenvalue weighted by Crippen LogP contribution is 2.23. The third kappa shape index (κ3) is 5.13. The summed E-state index contributed by atoms with van der Waals surface area (Å²) in [6, 6.07) is 11.9. The van der Waals surface area contributed by atoms with Crippen LogP contribution in [0.25, 0.3) is 0 Å². The van der Waals surface area contributed by atoms with Crippen LogP contribution in [0.2, 0.25) is 0 Å². The molecule has 0 saturated heterocycles. The van der Waals surface area contributed by atoms with Gasteiger partial charge in [0.1, 0.15) is 17.9 Å². The molecule has 6 nitrogen and oxygen atoms in total. The zero-order valence-corrected chi connectivity index (χ0v) is 14.1. The molecule has 0 bridgehead atoms. The van der Waals surface area contributed by atoms with Gasteiger partial charge in [0.2, 0.25) is 0 Å². The third-order valence-electron chi connectivity index (χ3n) is 3.39. The first kappa shape index (κ1) is 18.1. The van der Waals surface area contributed by atoms with Crippen LogP contribution in [-0.2, 0) is 0 Å². The number of aliphatic imine (C=N–C) groups is 3. The average molecular weight is 341 g/mol. The van der Waals surface area contributed by atoms with E-state index in [-0.39, 0.29) is 0 Å². The minimum absolute atomic E-state index is 0.316. The summed E-state index contributed by atoms with van der Waals surface area (Å²) in [7, 11) is 0. The fourth-order valence-corrected chi connectivity index (χ4v) is 1.91. The van der Waals surface area contributed by atoms with Crippen molar-refractivity contribution in [3.8, 4) is 5.75 Å². The largest absolute Gasteiger partial charge is 0.440 e. The number of hydrogen-bond acceptors (Lipinski definition) is 4. The van der Waals surface area contributed by atoms with Crippen molar-refractivity contribution in [3.63, 3.8) is 0 Å². The molecular formula is C18H20FN5O. The number of ether oxygens (including phenoxy) is 1. The second-order valence-electron chi connectivity index (χ2n) is 5.45. The van der Waals surface area contributed by atoms with E-state index in [0.717, 1.165) is 11.1 Å². The molecule has 0 unspecified atom stereocenters. The Hall–Kier alpha value is -3.22. The monoisotopic (exact) mass is 341 g/mol. The molecule has 0 amide bonds. The summed E-state index contributed by atoms with van der Waals surface area (Å²) in [5.41, 5.74) is 14.7. The maximum atomic E-state index is 13.6. The molecule has 0 fully saturated rings. The first-order valence-electron chi connectivity index (χ1n) is 7.49. The maximum absolute atomic E-state index is 13.6. The number of aryl methyl sites for hydroxylation is 1. The Bertz CT molecular complexity index is 813. The van der Waals surface area contributed by atoms with E-state index in [0.29, 0.717) is 23.0 Å². The molecule has 0 aliphatic rings. The lowest BCUT2D eigenvalue weighted by Crippen LogP contribution is -2.22. The SMILES string of the molecule is C=N[C@@](C)(F)Oc1ccc(N=CN=C(N)c2ccc(N)c(C)c2)cc1. The van der Waals surface area contributed by atoms with Crippen LogP contribution >= 0.6 is 0 Å². The van der Waals surface area contributed by atoms with E-state index in [9.17, 15) is 4.39 Å². The van der Waals surface area contributed by atoms with E-state index in [2.05, 4.69) is 21.7 Å². The van der Waals surface area contributed by atoms with Crippen LogP contribution in [-0.4, -0.2) is 24.9 Å². The molecule has 2 aromatic rings. The summed E-state index contributed by atoms with van der Waals surface area (Å²) in [5, 5.41) is 0. The smallest absolute Gasteiger partial charge is 0.345 e. The lowest BCUT2D eigenvalue weighted by molar-refractivity contribution is -0.0343. The lowest BCUT2D eigenvalue weighted by Gasteiger charge is -2.16. The van der Waals surface area contributed by atoms with Gasteiger partial charge in [0, 0.05) is 18.2 Å². The number of nitrogens with two attached hydrogens (primary N) is 2. The fraction of sp³-hybridized carbons (Fsp3) is 0.167. The van der Waals surface area contributed by atoms with E-state index < -0.39 is 5.98 Å². The normalized spacial score (nSPS) is 14.3. The molecule has 25 heavy (non-hydrogen) atoms.